The number of carbonyl (C=O) groups excluding carboxylic acids is 1. The summed E-state index contributed by atoms with van der Waals surface area (Å²) in [5.74, 6) is 0.864. The van der Waals surface area contributed by atoms with Crippen molar-refractivity contribution in [3.05, 3.63) is 47.3 Å². The minimum atomic E-state index is -0.0443. The van der Waals surface area contributed by atoms with E-state index >= 15 is 0 Å². The first-order chi connectivity index (χ1) is 13.9. The van der Waals surface area contributed by atoms with Crippen molar-refractivity contribution in [2.75, 3.05) is 37.4 Å². The Morgan fingerprint density at radius 1 is 1.24 bits per heavy atom. The summed E-state index contributed by atoms with van der Waals surface area (Å²) in [6.07, 6.45) is 6.11. The van der Waals surface area contributed by atoms with Crippen LogP contribution in [0.25, 0.3) is 0 Å². The van der Waals surface area contributed by atoms with E-state index in [1.54, 1.807) is 0 Å². The number of nitrogens with one attached hydrogen (secondary N) is 1. The number of hydrogen-bond acceptors (Lipinski definition) is 5. The van der Waals surface area contributed by atoms with Crippen LogP contribution in [0.4, 0.5) is 11.6 Å². The van der Waals surface area contributed by atoms with Crippen LogP contribution in [0.1, 0.15) is 54.7 Å². The van der Waals surface area contributed by atoms with E-state index in [-0.39, 0.29) is 17.4 Å². The summed E-state index contributed by atoms with van der Waals surface area (Å²) in [7, 11) is 3.94. The lowest BCUT2D eigenvalue weighted by molar-refractivity contribution is 0.0634. The Morgan fingerprint density at radius 3 is 2.79 bits per heavy atom. The van der Waals surface area contributed by atoms with E-state index in [2.05, 4.69) is 24.1 Å². The van der Waals surface area contributed by atoms with Gasteiger partial charge in [-0.3, -0.25) is 4.79 Å². The van der Waals surface area contributed by atoms with Gasteiger partial charge in [0.25, 0.3) is 5.91 Å². The van der Waals surface area contributed by atoms with Crippen LogP contribution in [0.15, 0.2) is 30.5 Å². The van der Waals surface area contributed by atoms with Crippen LogP contribution in [0.3, 0.4) is 0 Å². The molecule has 0 radical (unpaired) electrons. The van der Waals surface area contributed by atoms with Gasteiger partial charge in [-0.15, -0.1) is 0 Å². The van der Waals surface area contributed by atoms with E-state index in [0.29, 0.717) is 0 Å². The van der Waals surface area contributed by atoms with Gasteiger partial charge < -0.3 is 15.1 Å². The van der Waals surface area contributed by atoms with E-state index in [1.165, 1.54) is 5.56 Å². The van der Waals surface area contributed by atoms with Gasteiger partial charge in [0, 0.05) is 50.5 Å². The molecule has 154 valence electrons. The van der Waals surface area contributed by atoms with Crippen LogP contribution in [-0.2, 0) is 11.8 Å². The van der Waals surface area contributed by atoms with Crippen LogP contribution in [0.5, 0.6) is 0 Å². The van der Waals surface area contributed by atoms with Crippen molar-refractivity contribution in [3.8, 4) is 0 Å². The number of para-hydroxylation sites is 1. The van der Waals surface area contributed by atoms with Gasteiger partial charge >= 0.3 is 0 Å². The lowest BCUT2D eigenvalue weighted by atomic mass is 9.77. The number of fused-ring (bicyclic) bond motifs is 2. The largest absolute Gasteiger partial charge is 0.382 e. The lowest BCUT2D eigenvalue weighted by Gasteiger charge is -2.41. The summed E-state index contributed by atoms with van der Waals surface area (Å²) in [5.41, 5.74) is 4.02. The molecular weight excluding hydrogens is 362 g/mol. The molecule has 1 saturated heterocycles. The highest BCUT2D eigenvalue weighted by molar-refractivity contribution is 5.99. The normalized spacial score (nSPS) is 20.8. The molecule has 1 aliphatic carbocycles. The number of carbonyl (C=O) groups is 1. The highest BCUT2D eigenvalue weighted by Crippen LogP contribution is 2.44. The topological polar surface area (TPSA) is 61.4 Å². The number of hydrogen-bond donors (Lipinski definition) is 1. The van der Waals surface area contributed by atoms with Gasteiger partial charge in [-0.2, -0.15) is 0 Å². The summed E-state index contributed by atoms with van der Waals surface area (Å²) >= 11 is 0. The molecule has 1 atom stereocenters. The molecule has 6 nitrogen and oxygen atoms in total. The zero-order chi connectivity index (χ0) is 20.6. The molecule has 29 heavy (non-hydrogen) atoms. The average Bonchev–Trinajstić information content (AvgIpc) is 3.04. The number of anilines is 2. The molecule has 1 amide bonds. The molecule has 0 saturated carbocycles. The number of benzene rings is 1. The Kier molecular flexibility index (Phi) is 5.19. The maximum Gasteiger partial charge on any atom is 0.255 e. The number of amides is 1. The zero-order valence-corrected chi connectivity index (χ0v) is 17.9. The van der Waals surface area contributed by atoms with E-state index in [9.17, 15) is 4.79 Å². The smallest absolute Gasteiger partial charge is 0.255 e. The van der Waals surface area contributed by atoms with Crippen molar-refractivity contribution in [1.29, 1.82) is 0 Å². The van der Waals surface area contributed by atoms with Gasteiger partial charge in [-0.25, -0.2) is 9.97 Å². The van der Waals surface area contributed by atoms with Gasteiger partial charge in [0.15, 0.2) is 0 Å². The van der Waals surface area contributed by atoms with Crippen molar-refractivity contribution >= 4 is 17.5 Å². The monoisotopic (exact) mass is 393 g/mol. The molecule has 2 heterocycles. The number of nitrogens with zero attached hydrogens (tertiary/aromatic N) is 4. The van der Waals surface area contributed by atoms with Crippen molar-refractivity contribution < 1.29 is 4.79 Å². The average molecular weight is 394 g/mol. The molecule has 1 aromatic heterocycles. The number of piperidine rings is 1. The summed E-state index contributed by atoms with van der Waals surface area (Å²) < 4.78 is 0. The first-order valence-corrected chi connectivity index (χ1v) is 10.6. The summed E-state index contributed by atoms with van der Waals surface area (Å²) in [5, 5.41) is 3.42. The molecule has 1 fully saturated rings. The van der Waals surface area contributed by atoms with Gasteiger partial charge in [-0.05, 0) is 57.2 Å². The van der Waals surface area contributed by atoms with E-state index < -0.39 is 0 Å². The Bertz CT molecular complexity index is 906. The number of aryl methyl sites for hydroxylation is 1. The fourth-order valence-corrected chi connectivity index (χ4v) is 4.73. The zero-order valence-electron chi connectivity index (χ0n) is 17.9. The Hall–Kier alpha value is -2.63. The predicted molar refractivity (Wildman–Crippen MR) is 117 cm³/mol. The number of aromatic nitrogens is 2. The minimum absolute atomic E-state index is 0.0443. The molecular formula is C23H31N5O. The van der Waals surface area contributed by atoms with Crippen molar-refractivity contribution in [3.63, 3.8) is 0 Å². The maximum atomic E-state index is 13.5. The molecule has 2 aromatic rings. The van der Waals surface area contributed by atoms with Crippen LogP contribution >= 0.6 is 0 Å². The fourth-order valence-electron chi connectivity index (χ4n) is 4.73. The highest BCUT2D eigenvalue weighted by Gasteiger charge is 2.45. The molecule has 1 unspecified atom stereocenters. The molecule has 1 aromatic carbocycles. The Labute approximate surface area is 173 Å². The summed E-state index contributed by atoms with van der Waals surface area (Å²) in [4.78, 5) is 26.9. The Morgan fingerprint density at radius 2 is 2.03 bits per heavy atom. The van der Waals surface area contributed by atoms with Crippen LogP contribution in [0.2, 0.25) is 0 Å². The van der Waals surface area contributed by atoms with E-state index in [1.807, 2.05) is 54.4 Å². The number of likely N-dealkylation sites (tertiary alicyclic amines) is 1. The predicted octanol–water partition coefficient (Wildman–Crippen LogP) is 3.48. The molecule has 4 rings (SSSR count). The maximum absolute atomic E-state index is 13.5. The Balaban J connectivity index is 1.63. The lowest BCUT2D eigenvalue weighted by Crippen LogP contribution is -2.48. The van der Waals surface area contributed by atoms with Crippen LogP contribution in [-0.4, -0.2) is 54.0 Å². The third kappa shape index (κ3) is 3.68. The molecule has 0 bridgehead atoms. The van der Waals surface area contributed by atoms with Gasteiger partial charge in [0.2, 0.25) is 5.95 Å². The number of rotatable bonds is 4. The quantitative estimate of drug-likeness (QED) is 0.862. The van der Waals surface area contributed by atoms with Crippen LogP contribution < -0.4 is 10.2 Å². The summed E-state index contributed by atoms with van der Waals surface area (Å²) in [6, 6.07) is 8.13. The summed E-state index contributed by atoms with van der Waals surface area (Å²) in [6.45, 7) is 5.72. The standard InChI is InChI=1S/C23H31N5O/c1-16(2)25-19-9-6-5-8-18(19)21(29)28-13-7-11-23(15-28)12-10-17-14-24-22(27(3)4)26-20(17)23/h5-6,8-9,14,16,25H,7,10-13,15H2,1-4H3. The molecule has 1 N–H and O–H groups in total. The fraction of sp³-hybridized carbons (Fsp3) is 0.522. The molecule has 2 aliphatic rings. The SMILES string of the molecule is CC(C)Nc1ccccc1C(=O)N1CCCC2(CCc3cnc(N(C)C)nc32)C1. The molecule has 6 heteroatoms. The molecule has 1 aliphatic heterocycles. The third-order valence-electron chi connectivity index (χ3n) is 6.09. The third-order valence-corrected chi connectivity index (χ3v) is 6.09. The second kappa shape index (κ2) is 7.65. The van der Waals surface area contributed by atoms with Gasteiger partial charge in [0.05, 0.1) is 11.3 Å². The van der Waals surface area contributed by atoms with Crippen molar-refractivity contribution in [2.45, 2.75) is 51.0 Å². The highest BCUT2D eigenvalue weighted by atomic mass is 16.2. The van der Waals surface area contributed by atoms with Crippen LogP contribution in [0, 0.1) is 0 Å². The van der Waals surface area contributed by atoms with Gasteiger partial charge in [0.1, 0.15) is 0 Å². The second-order valence-electron chi connectivity index (χ2n) is 8.89. The van der Waals surface area contributed by atoms with Gasteiger partial charge in [-0.1, -0.05) is 12.1 Å². The first-order valence-electron chi connectivity index (χ1n) is 10.6. The minimum Gasteiger partial charge on any atom is -0.382 e. The van der Waals surface area contributed by atoms with E-state index in [0.717, 1.165) is 61.7 Å². The van der Waals surface area contributed by atoms with Crippen molar-refractivity contribution in [2.24, 2.45) is 0 Å². The molecule has 1 spiro atoms. The first kappa shape index (κ1) is 19.7. The second-order valence-corrected chi connectivity index (χ2v) is 8.89. The van der Waals surface area contributed by atoms with Crippen molar-refractivity contribution in [1.82, 2.24) is 14.9 Å². The van der Waals surface area contributed by atoms with E-state index in [4.69, 9.17) is 4.98 Å².